The Labute approximate surface area is 212 Å². The quantitative estimate of drug-likeness (QED) is 0.354. The highest BCUT2D eigenvalue weighted by Crippen LogP contribution is 2.29. The first-order chi connectivity index (χ1) is 16.4. The van der Waals surface area contributed by atoms with E-state index in [1.54, 1.807) is 25.7 Å². The number of carbonyl (C=O) groups is 3. The molecule has 0 spiro atoms. The van der Waals surface area contributed by atoms with Crippen LogP contribution in [0.25, 0.3) is 0 Å². The van der Waals surface area contributed by atoms with Crippen molar-refractivity contribution in [2.45, 2.75) is 112 Å². The summed E-state index contributed by atoms with van der Waals surface area (Å²) in [7, 11) is 0. The Hall–Kier alpha value is -2.57. The zero-order chi connectivity index (χ0) is 26.6. The molecule has 0 saturated heterocycles. The van der Waals surface area contributed by atoms with Gasteiger partial charge in [0.15, 0.2) is 0 Å². The molecule has 2 atom stereocenters. The van der Waals surface area contributed by atoms with Crippen LogP contribution in [0.2, 0.25) is 0 Å². The average Bonchev–Trinajstić information content (AvgIpc) is 2.74. The third kappa shape index (κ3) is 10.7. The summed E-state index contributed by atoms with van der Waals surface area (Å²) in [5, 5.41) is 5.69. The Morgan fingerprint density at radius 1 is 1.00 bits per heavy atom. The first-order valence-electron chi connectivity index (χ1n) is 13.0. The molecule has 1 aromatic carbocycles. The largest absolute Gasteiger partial charge is 0.444 e. The Morgan fingerprint density at radius 2 is 1.63 bits per heavy atom. The molecule has 7 heteroatoms. The molecule has 0 aliphatic heterocycles. The van der Waals surface area contributed by atoms with E-state index in [-0.39, 0.29) is 24.4 Å². The Morgan fingerprint density at radius 3 is 2.17 bits per heavy atom. The molecule has 0 radical (unpaired) electrons. The van der Waals surface area contributed by atoms with Gasteiger partial charge in [-0.25, -0.2) is 4.79 Å². The molecule has 0 aliphatic rings. The van der Waals surface area contributed by atoms with E-state index in [1.165, 1.54) is 0 Å². The molecule has 2 unspecified atom stereocenters. The van der Waals surface area contributed by atoms with Gasteiger partial charge in [-0.3, -0.25) is 9.59 Å². The third-order valence-electron chi connectivity index (χ3n) is 5.84. The number of aryl methyl sites for hydroxylation is 2. The van der Waals surface area contributed by atoms with Crippen molar-refractivity contribution in [2.24, 2.45) is 0 Å². The van der Waals surface area contributed by atoms with Crippen LogP contribution in [0.4, 0.5) is 4.79 Å². The second-order valence-electron chi connectivity index (χ2n) is 10.4. The number of nitrogens with zero attached hydrogens (tertiary/aromatic N) is 1. The summed E-state index contributed by atoms with van der Waals surface area (Å²) in [4.78, 5) is 41.0. The number of alkyl carbamates (subject to hydrolysis) is 1. The lowest BCUT2D eigenvalue weighted by atomic mass is 9.93. The summed E-state index contributed by atoms with van der Waals surface area (Å²) < 4.78 is 5.29. The summed E-state index contributed by atoms with van der Waals surface area (Å²) in [5.41, 5.74) is 2.10. The van der Waals surface area contributed by atoms with Crippen molar-refractivity contribution in [3.05, 3.63) is 34.9 Å². The van der Waals surface area contributed by atoms with Crippen molar-refractivity contribution < 1.29 is 19.1 Å². The van der Waals surface area contributed by atoms with Crippen molar-refractivity contribution in [3.63, 3.8) is 0 Å². The van der Waals surface area contributed by atoms with E-state index in [0.29, 0.717) is 6.54 Å². The summed E-state index contributed by atoms with van der Waals surface area (Å²) >= 11 is 0. The molecule has 2 N–H and O–H groups in total. The maximum atomic E-state index is 13.7. The minimum Gasteiger partial charge on any atom is -0.444 e. The van der Waals surface area contributed by atoms with Crippen LogP contribution >= 0.6 is 0 Å². The standard InChI is InChI=1S/C28H47N3O4/c1-9-11-12-13-18-31(23(32)19-29-27(34)35-28(6,7)8)25(26(33)30-22(5)15-10-2)24-20(3)16-14-17-21(24)4/h14,16-17,22,25H,9-13,15,18-19H2,1-8H3,(H,29,34)(H,30,33). The number of carbonyl (C=O) groups excluding carboxylic acids is 3. The fraction of sp³-hybridized carbons (Fsp3) is 0.679. The van der Waals surface area contributed by atoms with Gasteiger partial charge in [0.1, 0.15) is 18.2 Å². The number of hydrogen-bond acceptors (Lipinski definition) is 4. The van der Waals surface area contributed by atoms with Crippen molar-refractivity contribution in [1.29, 1.82) is 0 Å². The molecule has 0 fully saturated rings. The van der Waals surface area contributed by atoms with Gasteiger partial charge in [0.2, 0.25) is 11.8 Å². The number of hydrogen-bond donors (Lipinski definition) is 2. The van der Waals surface area contributed by atoms with Gasteiger partial charge in [0, 0.05) is 12.6 Å². The Balaban J connectivity index is 3.31. The third-order valence-corrected chi connectivity index (χ3v) is 5.84. The topological polar surface area (TPSA) is 87.7 Å². The summed E-state index contributed by atoms with van der Waals surface area (Å²) in [6.45, 7) is 15.7. The number of ether oxygens (including phenoxy) is 1. The molecule has 0 aromatic heterocycles. The normalized spacial score (nSPS) is 13.0. The van der Waals surface area contributed by atoms with E-state index in [4.69, 9.17) is 4.74 Å². The van der Waals surface area contributed by atoms with Crippen molar-refractivity contribution in [3.8, 4) is 0 Å². The molecule has 35 heavy (non-hydrogen) atoms. The van der Waals surface area contributed by atoms with Gasteiger partial charge >= 0.3 is 6.09 Å². The summed E-state index contributed by atoms with van der Waals surface area (Å²) in [6, 6.07) is 5.12. The van der Waals surface area contributed by atoms with E-state index >= 15 is 0 Å². The number of amides is 3. The highest BCUT2D eigenvalue weighted by Gasteiger charge is 2.34. The molecule has 7 nitrogen and oxygen atoms in total. The molecule has 1 aromatic rings. The second-order valence-corrected chi connectivity index (χ2v) is 10.4. The molecular weight excluding hydrogens is 442 g/mol. The van der Waals surface area contributed by atoms with Gasteiger partial charge < -0.3 is 20.3 Å². The summed E-state index contributed by atoms with van der Waals surface area (Å²) in [5.74, 6) is -0.497. The minimum atomic E-state index is -0.773. The lowest BCUT2D eigenvalue weighted by molar-refractivity contribution is -0.140. The molecule has 3 amide bonds. The fourth-order valence-corrected chi connectivity index (χ4v) is 4.18. The van der Waals surface area contributed by atoms with Crippen LogP contribution in [-0.2, 0) is 14.3 Å². The van der Waals surface area contributed by atoms with E-state index < -0.39 is 17.7 Å². The minimum absolute atomic E-state index is 0.00347. The highest BCUT2D eigenvalue weighted by atomic mass is 16.6. The average molecular weight is 490 g/mol. The molecule has 0 aliphatic carbocycles. The Kier molecular flexibility index (Phi) is 12.8. The molecule has 1 rings (SSSR count). The van der Waals surface area contributed by atoms with Crippen LogP contribution in [0.5, 0.6) is 0 Å². The molecule has 0 bridgehead atoms. The maximum Gasteiger partial charge on any atom is 0.408 e. The molecular formula is C28H47N3O4. The van der Waals surface area contributed by atoms with E-state index in [9.17, 15) is 14.4 Å². The fourth-order valence-electron chi connectivity index (χ4n) is 4.18. The Bertz CT molecular complexity index is 812. The summed E-state index contributed by atoms with van der Waals surface area (Å²) in [6.07, 6.45) is 5.04. The number of rotatable bonds is 13. The van der Waals surface area contributed by atoms with Crippen LogP contribution in [0, 0.1) is 13.8 Å². The van der Waals surface area contributed by atoms with Crippen LogP contribution in [0.15, 0.2) is 18.2 Å². The first-order valence-corrected chi connectivity index (χ1v) is 13.0. The predicted octanol–water partition coefficient (Wildman–Crippen LogP) is 5.58. The van der Waals surface area contributed by atoms with Crippen LogP contribution < -0.4 is 10.6 Å². The van der Waals surface area contributed by atoms with Gasteiger partial charge in [0.05, 0.1) is 0 Å². The van der Waals surface area contributed by atoms with Crippen LogP contribution in [-0.4, -0.2) is 47.5 Å². The van der Waals surface area contributed by atoms with E-state index in [2.05, 4.69) is 24.5 Å². The molecule has 0 heterocycles. The predicted molar refractivity (Wildman–Crippen MR) is 141 cm³/mol. The lowest BCUT2D eigenvalue weighted by Crippen LogP contribution is -2.49. The van der Waals surface area contributed by atoms with E-state index in [1.807, 2.05) is 39.0 Å². The second kappa shape index (κ2) is 14.7. The van der Waals surface area contributed by atoms with Crippen molar-refractivity contribution in [1.82, 2.24) is 15.5 Å². The number of unbranched alkanes of at least 4 members (excludes halogenated alkanes) is 3. The van der Waals surface area contributed by atoms with Crippen molar-refractivity contribution >= 4 is 17.9 Å². The van der Waals surface area contributed by atoms with Gasteiger partial charge in [-0.2, -0.15) is 0 Å². The van der Waals surface area contributed by atoms with E-state index in [0.717, 1.165) is 55.2 Å². The SMILES string of the molecule is CCCCCCN(C(=O)CNC(=O)OC(C)(C)C)C(C(=O)NC(C)CCC)c1c(C)cccc1C. The van der Waals surface area contributed by atoms with Crippen molar-refractivity contribution in [2.75, 3.05) is 13.1 Å². The molecule has 198 valence electrons. The zero-order valence-electron chi connectivity index (χ0n) is 23.1. The van der Waals surface area contributed by atoms with Gasteiger partial charge in [-0.1, -0.05) is 57.7 Å². The lowest BCUT2D eigenvalue weighted by Gasteiger charge is -2.34. The zero-order valence-corrected chi connectivity index (χ0v) is 23.1. The smallest absolute Gasteiger partial charge is 0.408 e. The number of nitrogens with one attached hydrogen (secondary N) is 2. The maximum absolute atomic E-state index is 13.7. The number of benzene rings is 1. The first kappa shape index (κ1) is 30.5. The monoisotopic (exact) mass is 489 g/mol. The van der Waals surface area contributed by atoms with Crippen LogP contribution in [0.1, 0.15) is 103 Å². The molecule has 0 saturated carbocycles. The van der Waals surface area contributed by atoms with Gasteiger partial charge in [-0.05, 0) is 71.1 Å². The van der Waals surface area contributed by atoms with Gasteiger partial charge in [0.25, 0.3) is 0 Å². The van der Waals surface area contributed by atoms with Gasteiger partial charge in [-0.15, -0.1) is 0 Å². The highest BCUT2D eigenvalue weighted by molar-refractivity contribution is 5.91. The van der Waals surface area contributed by atoms with Crippen LogP contribution in [0.3, 0.4) is 0 Å².